The lowest BCUT2D eigenvalue weighted by molar-refractivity contribution is -0.183. The van der Waals surface area contributed by atoms with Crippen molar-refractivity contribution in [1.82, 2.24) is 4.90 Å². The summed E-state index contributed by atoms with van der Waals surface area (Å²) in [4.78, 5) is 28.0. The largest absolute Gasteiger partial charge is 0.469 e. The van der Waals surface area contributed by atoms with Gasteiger partial charge in [-0.25, -0.2) is 8.42 Å². The van der Waals surface area contributed by atoms with E-state index in [9.17, 15) is 23.1 Å². The van der Waals surface area contributed by atoms with Crippen LogP contribution < -0.4 is 0 Å². The van der Waals surface area contributed by atoms with Crippen LogP contribution in [0.15, 0.2) is 48.5 Å². The second kappa shape index (κ2) is 11.7. The molecule has 8 nitrogen and oxygen atoms in total. The highest BCUT2D eigenvalue weighted by Gasteiger charge is 2.51. The normalized spacial score (nSPS) is 23.0. The van der Waals surface area contributed by atoms with Crippen LogP contribution in [0.1, 0.15) is 56.4 Å². The number of carbonyl (C=O) groups is 2. The van der Waals surface area contributed by atoms with Crippen molar-refractivity contribution >= 4 is 44.9 Å². The first-order chi connectivity index (χ1) is 18.3. The van der Waals surface area contributed by atoms with Crippen molar-refractivity contribution in [2.45, 2.75) is 63.0 Å². The minimum Gasteiger partial charge on any atom is -0.469 e. The van der Waals surface area contributed by atoms with Gasteiger partial charge in [0, 0.05) is 16.1 Å². The van der Waals surface area contributed by atoms with Gasteiger partial charge < -0.3 is 19.5 Å². The molecule has 2 aliphatic rings. The van der Waals surface area contributed by atoms with Crippen LogP contribution in [-0.2, 0) is 28.9 Å². The molecule has 0 spiro atoms. The Balaban J connectivity index is 1.86. The van der Waals surface area contributed by atoms with Gasteiger partial charge in [-0.3, -0.25) is 9.59 Å². The highest BCUT2D eigenvalue weighted by atomic mass is 35.5. The number of carbonyl (C=O) groups excluding carboxylic acids is 2. The van der Waals surface area contributed by atoms with Crippen LogP contribution in [0, 0.1) is 5.92 Å². The van der Waals surface area contributed by atoms with Gasteiger partial charge in [-0.2, -0.15) is 0 Å². The highest BCUT2D eigenvalue weighted by Crippen LogP contribution is 2.48. The smallest absolute Gasteiger partial charge is 0.308 e. The monoisotopic (exact) mass is 597 g/mol. The molecule has 1 N–H and O–H groups in total. The van der Waals surface area contributed by atoms with Gasteiger partial charge in [0.2, 0.25) is 0 Å². The number of hydrogen-bond acceptors (Lipinski definition) is 7. The number of aliphatic hydroxyl groups is 1. The van der Waals surface area contributed by atoms with Crippen LogP contribution >= 0.6 is 23.2 Å². The lowest BCUT2D eigenvalue weighted by Crippen LogP contribution is -2.57. The first-order valence-electron chi connectivity index (χ1n) is 12.8. The van der Waals surface area contributed by atoms with E-state index in [4.69, 9.17) is 32.7 Å². The predicted molar refractivity (Wildman–Crippen MR) is 148 cm³/mol. The molecule has 2 fully saturated rings. The van der Waals surface area contributed by atoms with Crippen molar-refractivity contribution in [3.8, 4) is 0 Å². The van der Waals surface area contributed by atoms with Gasteiger partial charge in [-0.05, 0) is 68.0 Å². The number of benzene rings is 2. The molecule has 2 aromatic carbocycles. The average molecular weight is 599 g/mol. The quantitative estimate of drug-likeness (QED) is 0.400. The second-order valence-electron chi connectivity index (χ2n) is 10.9. The number of amides is 1. The Bertz CT molecular complexity index is 1310. The van der Waals surface area contributed by atoms with E-state index >= 15 is 0 Å². The molecule has 0 aromatic heterocycles. The summed E-state index contributed by atoms with van der Waals surface area (Å²) in [5, 5.41) is 11.2. The minimum absolute atomic E-state index is 0.0581. The third kappa shape index (κ3) is 7.52. The van der Waals surface area contributed by atoms with E-state index in [1.807, 2.05) is 6.07 Å². The number of rotatable bonds is 10. The van der Waals surface area contributed by atoms with Gasteiger partial charge in [0.1, 0.15) is 12.2 Å². The molecule has 1 saturated heterocycles. The molecular formula is C28H33Cl2NO7S. The Morgan fingerprint density at radius 3 is 2.36 bits per heavy atom. The lowest BCUT2D eigenvalue weighted by Gasteiger charge is -2.48. The molecule has 1 aliphatic heterocycles. The molecule has 0 unspecified atom stereocenters. The van der Waals surface area contributed by atoms with E-state index in [0.717, 1.165) is 12.8 Å². The first-order valence-corrected chi connectivity index (χ1v) is 15.3. The van der Waals surface area contributed by atoms with Crippen molar-refractivity contribution in [2.75, 3.05) is 18.6 Å². The fourth-order valence-corrected chi connectivity index (χ4v) is 7.69. The summed E-state index contributed by atoms with van der Waals surface area (Å²) in [6, 6.07) is 12.6. The van der Waals surface area contributed by atoms with Crippen molar-refractivity contribution in [2.24, 2.45) is 5.92 Å². The number of hydrogen-bond donors (Lipinski definition) is 1. The van der Waals surface area contributed by atoms with E-state index in [-0.39, 0.29) is 18.1 Å². The Morgan fingerprint density at radius 2 is 1.79 bits per heavy atom. The number of nitrogens with zero attached hydrogens (tertiary/aromatic N) is 1. The molecular weight excluding hydrogens is 565 g/mol. The standard InChI is InChI=1S/C28H33Cl2NO7S/c1-28(2,34)16-39(35,36)15-22(17-7-8-17)31-25(18-9-11-20(29)12-10-18)26(19-5-4-6-21(30)13-19)38-23(27(31)33)14-24(32)37-3/h4-6,9-13,17,22-23,25-26,34H,7-8,14-16H2,1-3H3/t22-,23+,25+,26-/m1/s1. The zero-order valence-electron chi connectivity index (χ0n) is 22.0. The molecule has 39 heavy (non-hydrogen) atoms. The molecule has 1 saturated carbocycles. The Morgan fingerprint density at radius 1 is 1.13 bits per heavy atom. The number of esters is 1. The van der Waals surface area contributed by atoms with Gasteiger partial charge in [0.15, 0.2) is 9.84 Å². The van der Waals surface area contributed by atoms with E-state index in [1.165, 1.54) is 21.0 Å². The van der Waals surface area contributed by atoms with Crippen LogP contribution in [0.25, 0.3) is 0 Å². The zero-order valence-corrected chi connectivity index (χ0v) is 24.4. The Hall–Kier alpha value is -2.17. The third-order valence-electron chi connectivity index (χ3n) is 6.92. The summed E-state index contributed by atoms with van der Waals surface area (Å²) in [6.45, 7) is 2.88. The summed E-state index contributed by atoms with van der Waals surface area (Å²) in [5.41, 5.74) is -0.0719. The maximum absolute atomic E-state index is 14.1. The summed E-state index contributed by atoms with van der Waals surface area (Å²) in [7, 11) is -2.55. The fraction of sp³-hybridized carbons (Fsp3) is 0.500. The van der Waals surface area contributed by atoms with Gasteiger partial charge in [-0.15, -0.1) is 0 Å². The number of halogens is 2. The second-order valence-corrected chi connectivity index (χ2v) is 13.9. The maximum atomic E-state index is 14.1. The predicted octanol–water partition coefficient (Wildman–Crippen LogP) is 4.53. The van der Waals surface area contributed by atoms with Crippen molar-refractivity contribution < 1.29 is 32.6 Å². The molecule has 4 rings (SSSR count). The summed E-state index contributed by atoms with van der Waals surface area (Å²) >= 11 is 12.5. The molecule has 1 amide bonds. The average Bonchev–Trinajstić information content (AvgIpc) is 3.68. The van der Waals surface area contributed by atoms with E-state index in [1.54, 1.807) is 47.4 Å². The summed E-state index contributed by atoms with van der Waals surface area (Å²) in [6.07, 6.45) is -0.781. The molecule has 2 aromatic rings. The molecule has 0 radical (unpaired) electrons. The van der Waals surface area contributed by atoms with Crippen LogP contribution in [0.5, 0.6) is 0 Å². The molecule has 4 atom stereocenters. The number of ether oxygens (including phenoxy) is 2. The summed E-state index contributed by atoms with van der Waals surface area (Å²) < 4.78 is 37.7. The maximum Gasteiger partial charge on any atom is 0.308 e. The number of methoxy groups -OCH3 is 1. The number of sulfone groups is 1. The lowest BCUT2D eigenvalue weighted by atomic mass is 9.89. The SMILES string of the molecule is COC(=O)C[C@@H]1O[C@H](c2cccc(Cl)c2)[C@H](c2ccc(Cl)cc2)N([C@H](CS(=O)(=O)CC(C)(C)O)C2CC2)C1=O. The molecule has 1 aliphatic carbocycles. The molecule has 1 heterocycles. The van der Waals surface area contributed by atoms with Crippen LogP contribution in [0.4, 0.5) is 0 Å². The van der Waals surface area contributed by atoms with E-state index in [0.29, 0.717) is 21.2 Å². The fourth-order valence-electron chi connectivity index (χ4n) is 5.22. The highest BCUT2D eigenvalue weighted by molar-refractivity contribution is 7.91. The topological polar surface area (TPSA) is 110 Å². The van der Waals surface area contributed by atoms with Crippen molar-refractivity contribution in [3.63, 3.8) is 0 Å². The zero-order chi connectivity index (χ0) is 28.5. The molecule has 0 bridgehead atoms. The number of morpholine rings is 1. The van der Waals surface area contributed by atoms with Crippen LogP contribution in [-0.4, -0.2) is 66.7 Å². The molecule has 212 valence electrons. The van der Waals surface area contributed by atoms with Crippen LogP contribution in [0.3, 0.4) is 0 Å². The van der Waals surface area contributed by atoms with Crippen molar-refractivity contribution in [1.29, 1.82) is 0 Å². The van der Waals surface area contributed by atoms with Gasteiger partial charge in [-0.1, -0.05) is 47.5 Å². The Kier molecular flexibility index (Phi) is 8.98. The first kappa shape index (κ1) is 29.8. The van der Waals surface area contributed by atoms with Crippen LogP contribution in [0.2, 0.25) is 10.0 Å². The van der Waals surface area contributed by atoms with Gasteiger partial charge in [0.05, 0.1) is 36.7 Å². The summed E-state index contributed by atoms with van der Waals surface area (Å²) in [5.74, 6) is -1.95. The minimum atomic E-state index is -3.78. The Labute approximate surface area is 239 Å². The van der Waals surface area contributed by atoms with E-state index < -0.39 is 57.4 Å². The van der Waals surface area contributed by atoms with Gasteiger partial charge >= 0.3 is 5.97 Å². The molecule has 11 heteroatoms. The third-order valence-corrected chi connectivity index (χ3v) is 9.40. The van der Waals surface area contributed by atoms with Gasteiger partial charge in [0.25, 0.3) is 5.91 Å². The van der Waals surface area contributed by atoms with E-state index in [2.05, 4.69) is 0 Å². The van der Waals surface area contributed by atoms with Crippen molar-refractivity contribution in [3.05, 3.63) is 69.7 Å².